The maximum atomic E-state index is 12.0. The number of fused-ring (bicyclic) bond motifs is 1. The second kappa shape index (κ2) is 9.22. The predicted molar refractivity (Wildman–Crippen MR) is 138 cm³/mol. The summed E-state index contributed by atoms with van der Waals surface area (Å²) < 4.78 is 0. The zero-order valence-corrected chi connectivity index (χ0v) is 19.5. The van der Waals surface area contributed by atoms with Crippen molar-refractivity contribution in [3.05, 3.63) is 79.0 Å². The lowest BCUT2D eigenvalue weighted by atomic mass is 10.0. The van der Waals surface area contributed by atoms with E-state index in [1.807, 2.05) is 12.1 Å². The molecule has 2 amide bonds. The SMILES string of the molecule is CN(C)C(=O)Nc1cncc(-c2cnc(N)c(C(=N)c3nc4c(-c5cccnc5)cncc4[nH]3)c2)c1. The van der Waals surface area contributed by atoms with Crippen molar-refractivity contribution in [2.24, 2.45) is 0 Å². The van der Waals surface area contributed by atoms with Gasteiger partial charge in [0.05, 0.1) is 23.6 Å². The summed E-state index contributed by atoms with van der Waals surface area (Å²) in [5.41, 5.74) is 11.6. The van der Waals surface area contributed by atoms with Gasteiger partial charge in [0.1, 0.15) is 17.0 Å². The number of urea groups is 1. The molecular weight excluding hydrogens is 456 g/mol. The second-order valence-electron chi connectivity index (χ2n) is 8.23. The number of carbonyl (C=O) groups is 1. The molecule has 0 unspecified atom stereocenters. The summed E-state index contributed by atoms with van der Waals surface area (Å²) in [6.45, 7) is 0. The number of H-pyrrole nitrogens is 1. The third-order valence-corrected chi connectivity index (χ3v) is 5.52. The summed E-state index contributed by atoms with van der Waals surface area (Å²) in [7, 11) is 3.31. The number of nitrogens with zero attached hydrogens (tertiary/aromatic N) is 6. The van der Waals surface area contributed by atoms with Crippen LogP contribution in [0, 0.1) is 5.41 Å². The number of hydrogen-bond donors (Lipinski definition) is 4. The topological polar surface area (TPSA) is 162 Å². The molecule has 0 aromatic carbocycles. The number of imidazole rings is 1. The van der Waals surface area contributed by atoms with Crippen LogP contribution in [0.1, 0.15) is 11.4 Å². The van der Waals surface area contributed by atoms with Crippen molar-refractivity contribution in [1.29, 1.82) is 5.41 Å². The maximum absolute atomic E-state index is 12.0. The Balaban J connectivity index is 1.50. The van der Waals surface area contributed by atoms with E-state index in [9.17, 15) is 4.79 Å². The van der Waals surface area contributed by atoms with Gasteiger partial charge >= 0.3 is 6.03 Å². The zero-order valence-electron chi connectivity index (χ0n) is 19.5. The first-order chi connectivity index (χ1) is 17.4. The number of nitrogens with two attached hydrogens (primary N) is 1. The van der Waals surface area contributed by atoms with Crippen molar-refractivity contribution in [1.82, 2.24) is 34.8 Å². The van der Waals surface area contributed by atoms with Gasteiger partial charge in [-0.15, -0.1) is 0 Å². The van der Waals surface area contributed by atoms with Gasteiger partial charge in [-0.3, -0.25) is 20.4 Å². The number of aromatic nitrogens is 6. The Morgan fingerprint density at radius 2 is 1.78 bits per heavy atom. The van der Waals surface area contributed by atoms with Crippen LogP contribution in [0.25, 0.3) is 33.3 Å². The van der Waals surface area contributed by atoms with Gasteiger partial charge in [-0.1, -0.05) is 6.07 Å². The van der Waals surface area contributed by atoms with Crippen LogP contribution in [-0.4, -0.2) is 60.6 Å². The normalized spacial score (nSPS) is 10.8. The summed E-state index contributed by atoms with van der Waals surface area (Å²) in [4.78, 5) is 38.3. The van der Waals surface area contributed by atoms with Gasteiger partial charge in [0.25, 0.3) is 0 Å². The van der Waals surface area contributed by atoms with Gasteiger partial charge in [0.2, 0.25) is 0 Å². The van der Waals surface area contributed by atoms with Crippen molar-refractivity contribution in [2.75, 3.05) is 25.1 Å². The summed E-state index contributed by atoms with van der Waals surface area (Å²) in [6.07, 6.45) is 11.6. The van der Waals surface area contributed by atoms with Crippen LogP contribution < -0.4 is 11.1 Å². The van der Waals surface area contributed by atoms with Crippen LogP contribution in [0.15, 0.2) is 67.6 Å². The lowest BCUT2D eigenvalue weighted by Crippen LogP contribution is -2.27. The third-order valence-electron chi connectivity index (χ3n) is 5.52. The Labute approximate surface area is 206 Å². The molecule has 0 aliphatic heterocycles. The predicted octanol–water partition coefficient (Wildman–Crippen LogP) is 3.57. The zero-order chi connectivity index (χ0) is 25.2. The number of pyridine rings is 4. The van der Waals surface area contributed by atoms with Crippen molar-refractivity contribution >= 4 is 34.3 Å². The molecule has 0 saturated carbocycles. The lowest BCUT2D eigenvalue weighted by Gasteiger charge is -2.13. The Hall–Kier alpha value is -5.19. The number of nitrogen functional groups attached to an aromatic ring is 1. The molecule has 0 bridgehead atoms. The quantitative estimate of drug-likeness (QED) is 0.281. The summed E-state index contributed by atoms with van der Waals surface area (Å²) >= 11 is 0. The first-order valence-electron chi connectivity index (χ1n) is 10.9. The molecule has 0 aliphatic rings. The highest BCUT2D eigenvalue weighted by Crippen LogP contribution is 2.28. The minimum atomic E-state index is -0.267. The van der Waals surface area contributed by atoms with Gasteiger partial charge in [-0.25, -0.2) is 14.8 Å². The van der Waals surface area contributed by atoms with E-state index in [1.54, 1.807) is 69.6 Å². The number of carbonyl (C=O) groups excluding carboxylic acids is 1. The molecule has 5 aromatic heterocycles. The molecule has 5 rings (SSSR count). The molecule has 5 N–H and O–H groups in total. The van der Waals surface area contributed by atoms with Gasteiger partial charge in [-0.05, 0) is 18.2 Å². The van der Waals surface area contributed by atoms with E-state index >= 15 is 0 Å². The average molecular weight is 479 g/mol. The van der Waals surface area contributed by atoms with Crippen LogP contribution in [-0.2, 0) is 0 Å². The molecule has 5 heterocycles. The summed E-state index contributed by atoms with van der Waals surface area (Å²) in [5, 5.41) is 11.6. The summed E-state index contributed by atoms with van der Waals surface area (Å²) in [6, 6.07) is 7.04. The molecular formula is C25H22N10O. The molecule has 0 atom stereocenters. The van der Waals surface area contributed by atoms with Crippen LogP contribution in [0.3, 0.4) is 0 Å². The van der Waals surface area contributed by atoms with Gasteiger partial charge in [-0.2, -0.15) is 0 Å². The van der Waals surface area contributed by atoms with E-state index < -0.39 is 0 Å². The molecule has 0 fully saturated rings. The third kappa shape index (κ3) is 4.32. The van der Waals surface area contributed by atoms with Crippen molar-refractivity contribution in [2.45, 2.75) is 0 Å². The Morgan fingerprint density at radius 3 is 2.56 bits per heavy atom. The fraction of sp³-hybridized carbons (Fsp3) is 0.0800. The Morgan fingerprint density at radius 1 is 1.00 bits per heavy atom. The second-order valence-corrected chi connectivity index (χ2v) is 8.23. The highest BCUT2D eigenvalue weighted by Gasteiger charge is 2.17. The largest absolute Gasteiger partial charge is 0.383 e. The van der Waals surface area contributed by atoms with Crippen LogP contribution in [0.2, 0.25) is 0 Å². The number of anilines is 2. The van der Waals surface area contributed by atoms with E-state index in [1.165, 1.54) is 4.90 Å². The molecule has 0 aliphatic carbocycles. The van der Waals surface area contributed by atoms with E-state index in [4.69, 9.17) is 11.1 Å². The fourth-order valence-electron chi connectivity index (χ4n) is 3.65. The van der Waals surface area contributed by atoms with Crippen LogP contribution in [0.4, 0.5) is 16.3 Å². The van der Waals surface area contributed by atoms with Crippen molar-refractivity contribution in [3.63, 3.8) is 0 Å². The summed E-state index contributed by atoms with van der Waals surface area (Å²) in [5.74, 6) is 0.527. The minimum absolute atomic E-state index is 0.0835. The monoisotopic (exact) mass is 478 g/mol. The number of aromatic amines is 1. The molecule has 0 spiro atoms. The molecule has 0 radical (unpaired) electrons. The van der Waals surface area contributed by atoms with Gasteiger partial charge < -0.3 is 20.9 Å². The Kier molecular flexibility index (Phi) is 5.79. The number of amides is 2. The Bertz CT molecular complexity index is 1590. The molecule has 0 saturated heterocycles. The van der Waals surface area contributed by atoms with Crippen molar-refractivity contribution < 1.29 is 4.79 Å². The van der Waals surface area contributed by atoms with Crippen LogP contribution >= 0.6 is 0 Å². The van der Waals surface area contributed by atoms with E-state index in [-0.39, 0.29) is 17.6 Å². The molecule has 36 heavy (non-hydrogen) atoms. The standard InChI is InChI=1S/C25H22N10O/c1-35(2)25(36)32-17-6-15(9-29-11-17)16-7-18(23(27)31-10-16)21(26)24-33-20-13-30-12-19(22(20)34-24)14-4-3-5-28-8-14/h3-13,26H,1-2H3,(H2,27,31)(H,32,36)(H,33,34). The highest BCUT2D eigenvalue weighted by molar-refractivity contribution is 6.13. The number of nitrogens with one attached hydrogen (secondary N) is 3. The minimum Gasteiger partial charge on any atom is -0.383 e. The van der Waals surface area contributed by atoms with Gasteiger partial charge in [0.15, 0.2) is 5.82 Å². The van der Waals surface area contributed by atoms with E-state index in [2.05, 4.69) is 35.2 Å². The average Bonchev–Trinajstić information content (AvgIpc) is 3.34. The van der Waals surface area contributed by atoms with Gasteiger partial charge in [0, 0.05) is 72.9 Å². The maximum Gasteiger partial charge on any atom is 0.321 e. The number of hydrogen-bond acceptors (Lipinski definition) is 8. The molecule has 178 valence electrons. The van der Waals surface area contributed by atoms with E-state index in [0.717, 1.165) is 11.1 Å². The van der Waals surface area contributed by atoms with Crippen LogP contribution in [0.5, 0.6) is 0 Å². The smallest absolute Gasteiger partial charge is 0.321 e. The molecule has 5 aromatic rings. The van der Waals surface area contributed by atoms with Crippen molar-refractivity contribution in [3.8, 4) is 22.3 Å². The lowest BCUT2D eigenvalue weighted by molar-refractivity contribution is 0.230. The molecule has 11 heteroatoms. The first-order valence-corrected chi connectivity index (χ1v) is 10.9. The molecule has 11 nitrogen and oxygen atoms in total. The first kappa shape index (κ1) is 22.6. The number of rotatable bonds is 5. The fourth-order valence-corrected chi connectivity index (χ4v) is 3.65. The van der Waals surface area contributed by atoms with E-state index in [0.29, 0.717) is 39.2 Å². The highest BCUT2D eigenvalue weighted by atomic mass is 16.2.